The summed E-state index contributed by atoms with van der Waals surface area (Å²) in [5, 5.41) is 17.6. The first kappa shape index (κ1) is 31.2. The zero-order valence-electron chi connectivity index (χ0n) is 25.0. The number of methoxy groups -OCH3 is 1. The Bertz CT molecular complexity index is 1710. The van der Waals surface area contributed by atoms with E-state index in [1.165, 1.54) is 4.90 Å². The number of ether oxygens (including phenoxy) is 1. The maximum absolute atomic E-state index is 14.4. The molecule has 3 N–H and O–H groups in total. The average Bonchev–Trinajstić information content (AvgIpc) is 3.14. The number of amides is 3. The standard InChI is InChI=1S/C34H35BrN4O5/c1-20(36-3)32(41)37-28-19-39(33(42)23-11-9-22(10-12-23)21(2)40)30-8-6-5-7-29(30)38(34(28)43)18-27-26-15-14-25(35)17-24(26)13-16-31(27)44-4/h5-17,20-21,28,36,40H,18-19H2,1-4H3,(H,37,41)/t20?,21?,28-/m0/s1. The van der Waals surface area contributed by atoms with E-state index in [4.69, 9.17) is 4.74 Å². The van der Waals surface area contributed by atoms with E-state index in [-0.39, 0.29) is 30.8 Å². The number of fused-ring (bicyclic) bond motifs is 2. The average molecular weight is 660 g/mol. The van der Waals surface area contributed by atoms with Gasteiger partial charge in [-0.05, 0) is 79.7 Å². The third-order valence-corrected chi connectivity index (χ3v) is 8.50. The Kier molecular flexibility index (Phi) is 9.33. The largest absolute Gasteiger partial charge is 0.496 e. The molecule has 3 atom stereocenters. The number of likely N-dealkylation sites (N-methyl/N-ethyl adjacent to an activating group) is 1. The number of aliphatic hydroxyl groups excluding tert-OH is 1. The summed E-state index contributed by atoms with van der Waals surface area (Å²) < 4.78 is 6.68. The Balaban J connectivity index is 1.64. The molecule has 44 heavy (non-hydrogen) atoms. The SMILES string of the molecule is CNC(C)C(=O)N[C@H]1CN(C(=O)c2ccc(C(C)O)cc2)c2ccccc2N(Cc2c(OC)ccc3cc(Br)ccc23)C1=O. The second kappa shape index (κ2) is 13.2. The van der Waals surface area contributed by atoms with Gasteiger partial charge in [0.15, 0.2) is 0 Å². The number of hydrogen-bond donors (Lipinski definition) is 3. The van der Waals surface area contributed by atoms with Crippen LogP contribution in [0, 0.1) is 0 Å². The van der Waals surface area contributed by atoms with Crippen LogP contribution in [0.15, 0.2) is 83.3 Å². The number of rotatable bonds is 8. The number of nitrogens with zero attached hydrogens (tertiary/aromatic N) is 2. The summed E-state index contributed by atoms with van der Waals surface area (Å²) in [5.74, 6) is -0.439. The van der Waals surface area contributed by atoms with Crippen molar-refractivity contribution in [2.75, 3.05) is 30.5 Å². The molecule has 5 rings (SSSR count). The molecule has 4 aromatic rings. The van der Waals surface area contributed by atoms with Crippen LogP contribution in [-0.2, 0) is 16.1 Å². The lowest BCUT2D eigenvalue weighted by Crippen LogP contribution is -2.55. The minimum atomic E-state index is -1.04. The molecule has 1 heterocycles. The van der Waals surface area contributed by atoms with Gasteiger partial charge in [-0.3, -0.25) is 14.4 Å². The fraction of sp³-hybridized carbons (Fsp3) is 0.265. The van der Waals surface area contributed by atoms with Crippen molar-refractivity contribution in [1.29, 1.82) is 0 Å². The van der Waals surface area contributed by atoms with Crippen molar-refractivity contribution in [3.05, 3.63) is 100 Å². The predicted octanol–water partition coefficient (Wildman–Crippen LogP) is 4.95. The molecule has 4 aromatic carbocycles. The maximum Gasteiger partial charge on any atom is 0.258 e. The first-order valence-electron chi connectivity index (χ1n) is 14.4. The summed E-state index contributed by atoms with van der Waals surface area (Å²) in [7, 11) is 3.26. The molecule has 1 aliphatic heterocycles. The van der Waals surface area contributed by atoms with Gasteiger partial charge >= 0.3 is 0 Å². The van der Waals surface area contributed by atoms with Gasteiger partial charge in [0.2, 0.25) is 5.91 Å². The van der Waals surface area contributed by atoms with Crippen LogP contribution in [0.5, 0.6) is 5.75 Å². The number of hydrogen-bond acceptors (Lipinski definition) is 6. The van der Waals surface area contributed by atoms with Crippen molar-refractivity contribution >= 4 is 55.8 Å². The van der Waals surface area contributed by atoms with E-state index >= 15 is 0 Å². The molecule has 10 heteroatoms. The lowest BCUT2D eigenvalue weighted by molar-refractivity contribution is -0.128. The number of aliphatic hydroxyl groups is 1. The third kappa shape index (κ3) is 6.19. The summed E-state index contributed by atoms with van der Waals surface area (Å²) in [6.07, 6.45) is -0.676. The molecular formula is C34H35BrN4O5. The van der Waals surface area contributed by atoms with Crippen LogP contribution in [0.1, 0.15) is 41.4 Å². The summed E-state index contributed by atoms with van der Waals surface area (Å²) >= 11 is 3.54. The molecule has 0 bridgehead atoms. The van der Waals surface area contributed by atoms with Crippen molar-refractivity contribution in [3.63, 3.8) is 0 Å². The van der Waals surface area contributed by atoms with E-state index in [2.05, 4.69) is 26.6 Å². The fourth-order valence-electron chi connectivity index (χ4n) is 5.39. The van der Waals surface area contributed by atoms with Gasteiger partial charge in [0.25, 0.3) is 11.8 Å². The molecule has 9 nitrogen and oxygen atoms in total. The topological polar surface area (TPSA) is 111 Å². The van der Waals surface area contributed by atoms with Crippen LogP contribution in [0.3, 0.4) is 0 Å². The smallest absolute Gasteiger partial charge is 0.258 e. The van der Waals surface area contributed by atoms with Crippen LogP contribution >= 0.6 is 15.9 Å². The molecule has 1 aliphatic rings. The van der Waals surface area contributed by atoms with Gasteiger partial charge in [0, 0.05) is 15.6 Å². The van der Waals surface area contributed by atoms with E-state index in [1.807, 2.05) is 42.5 Å². The van der Waals surface area contributed by atoms with Crippen molar-refractivity contribution < 1.29 is 24.2 Å². The van der Waals surface area contributed by atoms with Crippen LogP contribution in [0.25, 0.3) is 10.8 Å². The molecule has 0 aliphatic carbocycles. The fourth-order valence-corrected chi connectivity index (χ4v) is 5.77. The first-order chi connectivity index (χ1) is 21.1. The van der Waals surface area contributed by atoms with Crippen molar-refractivity contribution in [1.82, 2.24) is 10.6 Å². The summed E-state index contributed by atoms with van der Waals surface area (Å²) in [4.78, 5) is 44.8. The van der Waals surface area contributed by atoms with E-state index in [9.17, 15) is 19.5 Å². The zero-order chi connectivity index (χ0) is 31.5. The molecule has 0 radical (unpaired) electrons. The lowest BCUT2D eigenvalue weighted by atomic mass is 10.0. The highest BCUT2D eigenvalue weighted by Crippen LogP contribution is 2.38. The van der Waals surface area contributed by atoms with E-state index in [0.717, 1.165) is 20.8 Å². The van der Waals surface area contributed by atoms with Crippen LogP contribution < -0.4 is 25.2 Å². The summed E-state index contributed by atoms with van der Waals surface area (Å²) in [5.41, 5.74) is 2.93. The number of carbonyl (C=O) groups excluding carboxylic acids is 3. The monoisotopic (exact) mass is 658 g/mol. The molecule has 0 fully saturated rings. The van der Waals surface area contributed by atoms with Crippen LogP contribution in [0.2, 0.25) is 0 Å². The first-order valence-corrected chi connectivity index (χ1v) is 15.1. The van der Waals surface area contributed by atoms with Crippen LogP contribution in [-0.4, -0.2) is 55.6 Å². The van der Waals surface area contributed by atoms with Gasteiger partial charge < -0.3 is 30.3 Å². The number of carbonyl (C=O) groups is 3. The summed E-state index contributed by atoms with van der Waals surface area (Å²) in [6, 6.07) is 22.1. The Hall–Kier alpha value is -4.25. The van der Waals surface area contributed by atoms with Crippen molar-refractivity contribution in [3.8, 4) is 5.75 Å². The second-order valence-corrected chi connectivity index (χ2v) is 11.7. The van der Waals surface area contributed by atoms with Gasteiger partial charge in [0.05, 0.1) is 43.7 Å². The molecule has 0 spiro atoms. The second-order valence-electron chi connectivity index (χ2n) is 10.8. The minimum absolute atomic E-state index is 0.0782. The summed E-state index contributed by atoms with van der Waals surface area (Å²) in [6.45, 7) is 3.42. The number of benzene rings is 4. The van der Waals surface area contributed by atoms with Gasteiger partial charge in [-0.15, -0.1) is 0 Å². The molecular weight excluding hydrogens is 624 g/mol. The Morgan fingerprint density at radius 3 is 2.39 bits per heavy atom. The normalized spacial score (nSPS) is 16.2. The molecule has 2 unspecified atom stereocenters. The Morgan fingerprint density at radius 1 is 1.02 bits per heavy atom. The highest BCUT2D eigenvalue weighted by Gasteiger charge is 2.38. The van der Waals surface area contributed by atoms with Gasteiger partial charge in [-0.25, -0.2) is 0 Å². The van der Waals surface area contributed by atoms with E-state index < -0.39 is 18.2 Å². The lowest BCUT2D eigenvalue weighted by Gasteiger charge is -2.27. The quantitative estimate of drug-likeness (QED) is 0.247. The highest BCUT2D eigenvalue weighted by atomic mass is 79.9. The number of halogens is 1. The highest BCUT2D eigenvalue weighted by molar-refractivity contribution is 9.10. The van der Waals surface area contributed by atoms with Crippen LogP contribution in [0.4, 0.5) is 11.4 Å². The van der Waals surface area contributed by atoms with E-state index in [1.54, 1.807) is 69.3 Å². The van der Waals surface area contributed by atoms with E-state index in [0.29, 0.717) is 28.3 Å². The molecule has 0 saturated heterocycles. The van der Waals surface area contributed by atoms with Gasteiger partial charge in [0.1, 0.15) is 11.8 Å². The number of nitrogens with one attached hydrogen (secondary N) is 2. The van der Waals surface area contributed by atoms with Gasteiger partial charge in [-0.1, -0.05) is 52.3 Å². The van der Waals surface area contributed by atoms with Gasteiger partial charge in [-0.2, -0.15) is 0 Å². The predicted molar refractivity (Wildman–Crippen MR) is 175 cm³/mol. The zero-order valence-corrected chi connectivity index (χ0v) is 26.6. The minimum Gasteiger partial charge on any atom is -0.496 e. The van der Waals surface area contributed by atoms with Crippen molar-refractivity contribution in [2.24, 2.45) is 0 Å². The number of anilines is 2. The molecule has 228 valence electrons. The molecule has 0 aromatic heterocycles. The Morgan fingerprint density at radius 2 is 1.73 bits per heavy atom. The molecule has 3 amide bonds. The number of para-hydroxylation sites is 2. The van der Waals surface area contributed by atoms with Crippen molar-refractivity contribution in [2.45, 2.75) is 38.6 Å². The third-order valence-electron chi connectivity index (χ3n) is 8.01. The Labute approximate surface area is 264 Å². The maximum atomic E-state index is 14.4. The molecule has 0 saturated carbocycles.